The minimum Gasteiger partial charge on any atom is -0.350 e. The first kappa shape index (κ1) is 13.1. The molecular weight excluding hydrogens is 226 g/mol. The third-order valence-electron chi connectivity index (χ3n) is 5.11. The largest absolute Gasteiger partial charge is 0.350 e. The molecule has 0 spiro atoms. The number of fused-ring (bicyclic) bond motifs is 2. The fourth-order valence-corrected chi connectivity index (χ4v) is 3.53. The summed E-state index contributed by atoms with van der Waals surface area (Å²) in [7, 11) is 0. The molecule has 0 saturated heterocycles. The van der Waals surface area contributed by atoms with Crippen LogP contribution in [0.2, 0.25) is 0 Å². The van der Waals surface area contributed by atoms with E-state index in [4.69, 9.17) is 5.73 Å². The zero-order chi connectivity index (χ0) is 13.6. The molecule has 4 nitrogen and oxygen atoms in total. The van der Waals surface area contributed by atoms with Gasteiger partial charge >= 0.3 is 6.03 Å². The number of carbonyl (C=O) groups is 1. The van der Waals surface area contributed by atoms with Gasteiger partial charge in [0.05, 0.1) is 5.71 Å². The Bertz CT molecular complexity index is 436. The van der Waals surface area contributed by atoms with Gasteiger partial charge in [0.25, 0.3) is 0 Å². The first-order chi connectivity index (χ1) is 8.32. The molecule has 2 atom stereocenters. The molecule has 0 radical (unpaired) electrons. The number of allylic oxidation sites excluding steroid dienone is 2. The summed E-state index contributed by atoms with van der Waals surface area (Å²) in [6.45, 7) is 9.06. The van der Waals surface area contributed by atoms with Crippen LogP contribution in [0.25, 0.3) is 0 Å². The summed E-state index contributed by atoms with van der Waals surface area (Å²) in [6, 6.07) is -0.602. The number of hydrogen-bond donors (Lipinski definition) is 2. The maximum absolute atomic E-state index is 10.8. The Morgan fingerprint density at radius 3 is 2.61 bits per heavy atom. The van der Waals surface area contributed by atoms with Gasteiger partial charge in [-0.1, -0.05) is 33.8 Å². The Labute approximate surface area is 109 Å². The predicted octanol–water partition coefficient (Wildman–Crippen LogP) is 2.80. The Morgan fingerprint density at radius 1 is 1.56 bits per heavy atom. The maximum atomic E-state index is 10.8. The average Bonchev–Trinajstić information content (AvgIpc) is 2.61. The van der Waals surface area contributed by atoms with Crippen LogP contribution in [0, 0.1) is 16.7 Å². The fourth-order valence-electron chi connectivity index (χ4n) is 3.53. The van der Waals surface area contributed by atoms with Crippen molar-refractivity contribution in [3.63, 3.8) is 0 Å². The second-order valence-electron chi connectivity index (χ2n) is 6.22. The van der Waals surface area contributed by atoms with Crippen molar-refractivity contribution >= 4 is 11.7 Å². The van der Waals surface area contributed by atoms with Gasteiger partial charge in [-0.25, -0.2) is 10.2 Å². The molecule has 1 saturated carbocycles. The molecule has 0 aliphatic heterocycles. The molecule has 100 valence electrons. The molecule has 2 bridgehead atoms. The molecule has 0 aromatic carbocycles. The number of amides is 2. The number of rotatable bonds is 3. The van der Waals surface area contributed by atoms with Crippen LogP contribution < -0.4 is 11.2 Å². The maximum Gasteiger partial charge on any atom is 0.332 e. The van der Waals surface area contributed by atoms with E-state index in [2.05, 4.69) is 44.3 Å². The summed E-state index contributed by atoms with van der Waals surface area (Å²) in [5.74, 6) is 0.552. The lowest BCUT2D eigenvalue weighted by Gasteiger charge is -2.34. The van der Waals surface area contributed by atoms with Crippen LogP contribution >= 0.6 is 0 Å². The Kier molecular flexibility index (Phi) is 2.99. The van der Waals surface area contributed by atoms with E-state index in [1.54, 1.807) is 0 Å². The quantitative estimate of drug-likeness (QED) is 0.586. The highest BCUT2D eigenvalue weighted by Crippen LogP contribution is 2.64. The molecule has 2 aliphatic rings. The van der Waals surface area contributed by atoms with Crippen molar-refractivity contribution < 1.29 is 4.79 Å². The molecule has 2 aliphatic carbocycles. The van der Waals surface area contributed by atoms with Gasteiger partial charge in [-0.15, -0.1) is 0 Å². The highest BCUT2D eigenvalue weighted by molar-refractivity contribution is 6.01. The molecule has 1 fully saturated rings. The van der Waals surface area contributed by atoms with Crippen LogP contribution in [0.4, 0.5) is 4.79 Å². The van der Waals surface area contributed by atoms with Crippen molar-refractivity contribution in [3.8, 4) is 0 Å². The number of hydrazone groups is 1. The van der Waals surface area contributed by atoms with Gasteiger partial charge < -0.3 is 5.73 Å². The first-order valence-electron chi connectivity index (χ1n) is 6.67. The van der Waals surface area contributed by atoms with Gasteiger partial charge in [-0.05, 0) is 41.6 Å². The summed E-state index contributed by atoms with van der Waals surface area (Å²) < 4.78 is 0. The van der Waals surface area contributed by atoms with Gasteiger partial charge in [0.1, 0.15) is 0 Å². The van der Waals surface area contributed by atoms with Crippen molar-refractivity contribution in [2.45, 2.75) is 47.0 Å². The van der Waals surface area contributed by atoms with Crippen molar-refractivity contribution in [2.75, 3.05) is 0 Å². The molecule has 3 N–H and O–H groups in total. The average molecular weight is 249 g/mol. The van der Waals surface area contributed by atoms with Crippen LogP contribution in [-0.2, 0) is 0 Å². The summed E-state index contributed by atoms with van der Waals surface area (Å²) in [4.78, 5) is 10.8. The third-order valence-corrected chi connectivity index (χ3v) is 5.11. The molecule has 2 amide bonds. The van der Waals surface area contributed by atoms with E-state index in [0.717, 1.165) is 12.1 Å². The van der Waals surface area contributed by atoms with Gasteiger partial charge in [0.2, 0.25) is 0 Å². The van der Waals surface area contributed by atoms with Crippen LogP contribution in [0.1, 0.15) is 47.0 Å². The molecule has 4 heteroatoms. The second kappa shape index (κ2) is 4.11. The SMILES string of the molecule is CC/C(=N/NC(N)=O)C1=C[C@]2(C)CC[C@H]1C2(C)C. The minimum absolute atomic E-state index is 0.260. The number of nitrogens with two attached hydrogens (primary N) is 1. The van der Waals surface area contributed by atoms with E-state index in [1.807, 2.05) is 0 Å². The Balaban J connectivity index is 2.30. The van der Waals surface area contributed by atoms with Crippen LogP contribution in [0.5, 0.6) is 0 Å². The zero-order valence-electron chi connectivity index (χ0n) is 11.7. The number of primary amides is 1. The lowest BCUT2D eigenvalue weighted by molar-refractivity contribution is 0.180. The van der Waals surface area contributed by atoms with Gasteiger partial charge in [-0.3, -0.25) is 0 Å². The van der Waals surface area contributed by atoms with Crippen LogP contribution in [-0.4, -0.2) is 11.7 Å². The second-order valence-corrected chi connectivity index (χ2v) is 6.22. The standard InChI is InChI=1S/C14H23N3O/c1-5-11(16-17-12(15)18)9-8-14(4)7-6-10(9)13(14,2)3/h8,10H,5-7H2,1-4H3,(H3,15,17,18)/b16-11-/t10-,14+/m1/s1. The van der Waals surface area contributed by atoms with E-state index < -0.39 is 6.03 Å². The predicted molar refractivity (Wildman–Crippen MR) is 73.1 cm³/mol. The van der Waals surface area contributed by atoms with E-state index in [0.29, 0.717) is 5.92 Å². The lowest BCUT2D eigenvalue weighted by Crippen LogP contribution is -2.29. The van der Waals surface area contributed by atoms with Gasteiger partial charge in [-0.2, -0.15) is 5.10 Å². The molecule has 0 unspecified atom stereocenters. The van der Waals surface area contributed by atoms with Crippen molar-refractivity contribution in [1.82, 2.24) is 5.43 Å². The van der Waals surface area contributed by atoms with Crippen LogP contribution in [0.3, 0.4) is 0 Å². The topological polar surface area (TPSA) is 67.5 Å². The lowest BCUT2D eigenvalue weighted by atomic mass is 9.70. The number of nitrogens with zero attached hydrogens (tertiary/aromatic N) is 1. The Morgan fingerprint density at radius 2 is 2.22 bits per heavy atom. The fraction of sp³-hybridized carbons (Fsp3) is 0.714. The highest BCUT2D eigenvalue weighted by atomic mass is 16.2. The van der Waals surface area contributed by atoms with E-state index in [-0.39, 0.29) is 10.8 Å². The molecule has 0 aromatic heterocycles. The molecule has 18 heavy (non-hydrogen) atoms. The third kappa shape index (κ3) is 1.74. The number of urea groups is 1. The number of nitrogens with one attached hydrogen (secondary N) is 1. The summed E-state index contributed by atoms with van der Waals surface area (Å²) in [5.41, 5.74) is 10.3. The van der Waals surface area contributed by atoms with Crippen LogP contribution in [0.15, 0.2) is 16.8 Å². The molecule has 2 rings (SSSR count). The van der Waals surface area contributed by atoms with Gasteiger partial charge in [0.15, 0.2) is 0 Å². The summed E-state index contributed by atoms with van der Waals surface area (Å²) >= 11 is 0. The summed E-state index contributed by atoms with van der Waals surface area (Å²) in [6.07, 6.45) is 5.64. The highest BCUT2D eigenvalue weighted by Gasteiger charge is 2.56. The number of hydrogen-bond acceptors (Lipinski definition) is 2. The first-order valence-corrected chi connectivity index (χ1v) is 6.67. The van der Waals surface area contributed by atoms with Crippen molar-refractivity contribution in [1.29, 1.82) is 0 Å². The van der Waals surface area contributed by atoms with E-state index >= 15 is 0 Å². The Hall–Kier alpha value is -1.32. The van der Waals surface area contributed by atoms with Gasteiger partial charge in [0, 0.05) is 0 Å². The van der Waals surface area contributed by atoms with E-state index in [9.17, 15) is 4.79 Å². The van der Waals surface area contributed by atoms with E-state index in [1.165, 1.54) is 18.4 Å². The summed E-state index contributed by atoms with van der Waals surface area (Å²) in [5, 5.41) is 4.16. The monoisotopic (exact) mass is 249 g/mol. The van der Waals surface area contributed by atoms with Crippen molar-refractivity contribution in [3.05, 3.63) is 11.6 Å². The normalized spacial score (nSPS) is 33.4. The minimum atomic E-state index is -0.602. The smallest absolute Gasteiger partial charge is 0.332 e. The number of carbonyl (C=O) groups excluding carboxylic acids is 1. The zero-order valence-corrected chi connectivity index (χ0v) is 11.7. The molecular formula is C14H23N3O. The van der Waals surface area contributed by atoms with Crippen molar-refractivity contribution in [2.24, 2.45) is 27.6 Å². The molecule has 0 heterocycles. The molecule has 0 aromatic rings.